The van der Waals surface area contributed by atoms with Gasteiger partial charge < -0.3 is 10.4 Å². The van der Waals surface area contributed by atoms with E-state index in [1.54, 1.807) is 12.1 Å². The Morgan fingerprint density at radius 3 is 2.67 bits per heavy atom. The molecule has 0 aliphatic carbocycles. The molecule has 15 heavy (non-hydrogen) atoms. The van der Waals surface area contributed by atoms with Crippen LogP contribution in [0.3, 0.4) is 0 Å². The van der Waals surface area contributed by atoms with E-state index >= 15 is 0 Å². The average Bonchev–Trinajstić information content (AvgIpc) is 2.17. The van der Waals surface area contributed by atoms with Crippen molar-refractivity contribution in [2.45, 2.75) is 25.9 Å². The fraction of sp³-hybridized carbons (Fsp3) is 0.455. The molecule has 0 saturated heterocycles. The Bertz CT molecular complexity index is 332. The normalized spacial score (nSPS) is 15.0. The first-order valence-electron chi connectivity index (χ1n) is 4.86. The summed E-state index contributed by atoms with van der Waals surface area (Å²) in [5.41, 5.74) is 0.610. The molecule has 0 fully saturated rings. The van der Waals surface area contributed by atoms with Crippen LogP contribution in [0.15, 0.2) is 22.7 Å². The number of nitrogens with one attached hydrogen (secondary N) is 1. The molecule has 0 bridgehead atoms. The minimum Gasteiger partial charge on any atom is -0.395 e. The molecule has 0 heterocycles. The van der Waals surface area contributed by atoms with Crippen LogP contribution >= 0.6 is 15.9 Å². The first kappa shape index (κ1) is 12.6. The van der Waals surface area contributed by atoms with Crippen molar-refractivity contribution in [3.63, 3.8) is 0 Å². The highest BCUT2D eigenvalue weighted by Crippen LogP contribution is 2.21. The summed E-state index contributed by atoms with van der Waals surface area (Å²) in [6, 6.07) is 4.83. The van der Waals surface area contributed by atoms with Crippen LogP contribution in [0.2, 0.25) is 0 Å². The molecule has 2 nitrogen and oxygen atoms in total. The molecule has 2 N–H and O–H groups in total. The zero-order valence-electron chi connectivity index (χ0n) is 8.80. The molecular weight excluding hydrogens is 261 g/mol. The van der Waals surface area contributed by atoms with E-state index < -0.39 is 0 Å². The Hall–Kier alpha value is -0.450. The number of hydrogen-bond acceptors (Lipinski definition) is 2. The first-order chi connectivity index (χ1) is 7.04. The van der Waals surface area contributed by atoms with Gasteiger partial charge in [-0.1, -0.05) is 22.0 Å². The molecule has 0 saturated carbocycles. The average molecular weight is 276 g/mol. The lowest BCUT2D eigenvalue weighted by atomic mass is 10.1. The fourth-order valence-corrected chi connectivity index (χ4v) is 1.76. The quantitative estimate of drug-likeness (QED) is 0.886. The second-order valence-corrected chi connectivity index (χ2v) is 4.55. The number of rotatable bonds is 4. The maximum atomic E-state index is 13.5. The molecule has 0 amide bonds. The van der Waals surface area contributed by atoms with Crippen LogP contribution in [0.4, 0.5) is 4.39 Å². The van der Waals surface area contributed by atoms with Gasteiger partial charge in [-0.15, -0.1) is 0 Å². The van der Waals surface area contributed by atoms with E-state index in [2.05, 4.69) is 21.2 Å². The minimum atomic E-state index is -0.241. The van der Waals surface area contributed by atoms with Crippen molar-refractivity contribution in [3.8, 4) is 0 Å². The fourth-order valence-electron chi connectivity index (χ4n) is 1.42. The van der Waals surface area contributed by atoms with Crippen molar-refractivity contribution in [2.24, 2.45) is 0 Å². The maximum absolute atomic E-state index is 13.5. The molecule has 0 aliphatic rings. The minimum absolute atomic E-state index is 0.0388. The number of aliphatic hydroxyl groups is 1. The van der Waals surface area contributed by atoms with Gasteiger partial charge in [0.2, 0.25) is 0 Å². The lowest BCUT2D eigenvalue weighted by molar-refractivity contribution is 0.242. The van der Waals surface area contributed by atoms with Crippen molar-refractivity contribution >= 4 is 15.9 Å². The molecule has 0 aliphatic heterocycles. The van der Waals surface area contributed by atoms with Gasteiger partial charge in [-0.05, 0) is 26.0 Å². The lowest BCUT2D eigenvalue weighted by Crippen LogP contribution is -2.32. The van der Waals surface area contributed by atoms with E-state index in [1.807, 2.05) is 13.8 Å². The Morgan fingerprint density at radius 1 is 1.47 bits per heavy atom. The monoisotopic (exact) mass is 275 g/mol. The van der Waals surface area contributed by atoms with Gasteiger partial charge in [0.1, 0.15) is 5.82 Å². The van der Waals surface area contributed by atoms with Crippen molar-refractivity contribution in [3.05, 3.63) is 34.1 Å². The Kier molecular flexibility index (Phi) is 4.70. The molecule has 1 aromatic rings. The van der Waals surface area contributed by atoms with Gasteiger partial charge in [0.15, 0.2) is 0 Å². The summed E-state index contributed by atoms with van der Waals surface area (Å²) in [5, 5.41) is 12.0. The third-order valence-electron chi connectivity index (χ3n) is 2.24. The zero-order chi connectivity index (χ0) is 11.4. The molecule has 0 aromatic heterocycles. The summed E-state index contributed by atoms with van der Waals surface area (Å²) < 4.78 is 14.3. The van der Waals surface area contributed by atoms with Crippen LogP contribution in [0, 0.1) is 5.82 Å². The second kappa shape index (κ2) is 5.58. The summed E-state index contributed by atoms with van der Waals surface area (Å²) in [4.78, 5) is 0. The molecule has 1 rings (SSSR count). The van der Waals surface area contributed by atoms with Crippen molar-refractivity contribution in [2.75, 3.05) is 6.61 Å². The van der Waals surface area contributed by atoms with Crippen LogP contribution in [0.5, 0.6) is 0 Å². The number of hydrogen-bond donors (Lipinski definition) is 2. The lowest BCUT2D eigenvalue weighted by Gasteiger charge is -2.19. The standard InChI is InChI=1S/C11H15BrFNO/c1-7(6-15)14-8(2)10-4-3-9(12)5-11(10)13/h3-5,7-8,14-15H,6H2,1-2H3. The summed E-state index contributed by atoms with van der Waals surface area (Å²) >= 11 is 3.21. The summed E-state index contributed by atoms with van der Waals surface area (Å²) in [6.07, 6.45) is 0. The van der Waals surface area contributed by atoms with Crippen LogP contribution in [-0.4, -0.2) is 17.8 Å². The van der Waals surface area contributed by atoms with E-state index in [1.165, 1.54) is 6.07 Å². The van der Waals surface area contributed by atoms with Crippen LogP contribution in [0.25, 0.3) is 0 Å². The zero-order valence-corrected chi connectivity index (χ0v) is 10.4. The largest absolute Gasteiger partial charge is 0.395 e. The van der Waals surface area contributed by atoms with Gasteiger partial charge in [0.05, 0.1) is 6.61 Å². The van der Waals surface area contributed by atoms with E-state index in [0.717, 1.165) is 4.47 Å². The Morgan fingerprint density at radius 2 is 2.13 bits per heavy atom. The predicted octanol–water partition coefficient (Wildman–Crippen LogP) is 2.62. The highest BCUT2D eigenvalue weighted by molar-refractivity contribution is 9.10. The van der Waals surface area contributed by atoms with Gasteiger partial charge >= 0.3 is 0 Å². The van der Waals surface area contributed by atoms with Crippen molar-refractivity contribution < 1.29 is 9.50 Å². The van der Waals surface area contributed by atoms with Gasteiger partial charge in [0, 0.05) is 22.1 Å². The third kappa shape index (κ3) is 3.55. The first-order valence-corrected chi connectivity index (χ1v) is 5.65. The van der Waals surface area contributed by atoms with E-state index in [9.17, 15) is 4.39 Å². The highest BCUT2D eigenvalue weighted by atomic mass is 79.9. The van der Waals surface area contributed by atoms with E-state index in [0.29, 0.717) is 5.56 Å². The van der Waals surface area contributed by atoms with E-state index in [4.69, 9.17) is 5.11 Å². The van der Waals surface area contributed by atoms with E-state index in [-0.39, 0.29) is 24.5 Å². The molecule has 84 valence electrons. The number of aliphatic hydroxyl groups excluding tert-OH is 1. The Balaban J connectivity index is 2.77. The topological polar surface area (TPSA) is 32.3 Å². The molecule has 2 atom stereocenters. The van der Waals surface area contributed by atoms with Crippen LogP contribution in [0.1, 0.15) is 25.5 Å². The van der Waals surface area contributed by atoms with Gasteiger partial charge in [0.25, 0.3) is 0 Å². The number of benzene rings is 1. The smallest absolute Gasteiger partial charge is 0.129 e. The second-order valence-electron chi connectivity index (χ2n) is 3.64. The maximum Gasteiger partial charge on any atom is 0.129 e. The SMILES string of the molecule is CC(CO)NC(C)c1ccc(Br)cc1F. The molecular formula is C11H15BrFNO. The van der Waals surface area contributed by atoms with Gasteiger partial charge in [-0.25, -0.2) is 4.39 Å². The van der Waals surface area contributed by atoms with Crippen molar-refractivity contribution in [1.82, 2.24) is 5.32 Å². The molecule has 4 heteroatoms. The van der Waals surface area contributed by atoms with Gasteiger partial charge in [-0.3, -0.25) is 0 Å². The van der Waals surface area contributed by atoms with Crippen LogP contribution in [-0.2, 0) is 0 Å². The molecule has 2 unspecified atom stereocenters. The summed E-state index contributed by atoms with van der Waals surface area (Å²) in [7, 11) is 0. The Labute approximate surface area is 97.6 Å². The van der Waals surface area contributed by atoms with Crippen molar-refractivity contribution in [1.29, 1.82) is 0 Å². The highest BCUT2D eigenvalue weighted by Gasteiger charge is 2.12. The number of halogens is 2. The summed E-state index contributed by atoms with van der Waals surface area (Å²) in [6.45, 7) is 3.77. The molecule has 0 radical (unpaired) electrons. The van der Waals surface area contributed by atoms with Gasteiger partial charge in [-0.2, -0.15) is 0 Å². The molecule has 1 aromatic carbocycles. The predicted molar refractivity (Wildman–Crippen MR) is 62.2 cm³/mol. The molecule has 0 spiro atoms. The summed E-state index contributed by atoms with van der Waals surface area (Å²) in [5.74, 6) is -0.241. The third-order valence-corrected chi connectivity index (χ3v) is 2.73. The van der Waals surface area contributed by atoms with Crippen LogP contribution < -0.4 is 5.32 Å².